The van der Waals surface area contributed by atoms with Gasteiger partial charge in [0.1, 0.15) is 13.5 Å². The number of fused-ring (bicyclic) bond motifs is 1. The molecule has 0 bridgehead atoms. The fourth-order valence-corrected chi connectivity index (χ4v) is 2.94. The Balaban J connectivity index is 2.20. The summed E-state index contributed by atoms with van der Waals surface area (Å²) in [6, 6.07) is 0.751. The lowest BCUT2D eigenvalue weighted by molar-refractivity contribution is -0.363. The van der Waals surface area contributed by atoms with Crippen LogP contribution in [0.4, 0.5) is 0 Å². The van der Waals surface area contributed by atoms with Gasteiger partial charge >= 0.3 is 0 Å². The second-order valence-corrected chi connectivity index (χ2v) is 4.58. The van der Waals surface area contributed by atoms with E-state index in [1.807, 2.05) is 24.2 Å². The van der Waals surface area contributed by atoms with E-state index in [-0.39, 0.29) is 13.5 Å². The molecule has 2 unspecified atom stereocenters. The molecule has 2 aliphatic rings. The largest absolute Gasteiger partial charge is 0.380 e. The first-order valence-electron chi connectivity index (χ1n) is 5.93. The zero-order valence-corrected chi connectivity index (χ0v) is 10.1. The Morgan fingerprint density at radius 1 is 1.00 bits per heavy atom. The quantitative estimate of drug-likeness (QED) is 0.662. The van der Waals surface area contributed by atoms with Crippen LogP contribution in [0.25, 0.3) is 0 Å². The second-order valence-electron chi connectivity index (χ2n) is 4.58. The van der Waals surface area contributed by atoms with Gasteiger partial charge in [-0.3, -0.25) is 0 Å². The number of hydrogen-bond donors (Lipinski definition) is 2. The summed E-state index contributed by atoms with van der Waals surface area (Å²) in [7, 11) is 3.95. The van der Waals surface area contributed by atoms with Gasteiger partial charge in [0.15, 0.2) is 0 Å². The van der Waals surface area contributed by atoms with E-state index in [0.29, 0.717) is 12.1 Å². The van der Waals surface area contributed by atoms with E-state index in [9.17, 15) is 10.2 Å². The fourth-order valence-electron chi connectivity index (χ4n) is 2.94. The molecule has 6 heteroatoms. The van der Waals surface area contributed by atoms with Crippen LogP contribution in [0, 0.1) is 0 Å². The fraction of sp³-hybridized carbons (Fsp3) is 1.00. The minimum atomic E-state index is -0.107. The molecule has 1 heterocycles. The summed E-state index contributed by atoms with van der Waals surface area (Å²) in [5, 5.41) is 26.4. The van der Waals surface area contributed by atoms with Crippen molar-refractivity contribution in [2.75, 3.05) is 27.6 Å². The molecule has 2 fully saturated rings. The lowest BCUT2D eigenvalue weighted by Gasteiger charge is -2.56. The van der Waals surface area contributed by atoms with Crippen LogP contribution < -0.4 is 0 Å². The zero-order chi connectivity index (χ0) is 11.7. The van der Waals surface area contributed by atoms with Crippen molar-refractivity contribution in [1.82, 2.24) is 20.3 Å². The third-order valence-corrected chi connectivity index (χ3v) is 3.92. The average molecular weight is 230 g/mol. The van der Waals surface area contributed by atoms with E-state index in [4.69, 9.17) is 0 Å². The number of hydrazine groups is 3. The summed E-state index contributed by atoms with van der Waals surface area (Å²) in [6.45, 7) is -0.148. The lowest BCUT2D eigenvalue weighted by atomic mass is 9.89. The molecule has 2 rings (SSSR count). The minimum absolute atomic E-state index is 0.0418. The van der Waals surface area contributed by atoms with E-state index in [1.54, 1.807) is 5.12 Å². The number of rotatable bonds is 2. The van der Waals surface area contributed by atoms with Crippen LogP contribution in [0.3, 0.4) is 0 Å². The molecule has 1 aliphatic carbocycles. The van der Waals surface area contributed by atoms with E-state index >= 15 is 0 Å². The molecule has 0 aromatic carbocycles. The second kappa shape index (κ2) is 4.95. The van der Waals surface area contributed by atoms with Gasteiger partial charge in [0.2, 0.25) is 0 Å². The van der Waals surface area contributed by atoms with Crippen molar-refractivity contribution in [3.63, 3.8) is 0 Å². The molecule has 0 spiro atoms. The van der Waals surface area contributed by atoms with Crippen molar-refractivity contribution in [2.45, 2.75) is 37.8 Å². The van der Waals surface area contributed by atoms with Gasteiger partial charge in [-0.1, -0.05) is 12.8 Å². The number of hydrogen-bond acceptors (Lipinski definition) is 6. The molecular weight excluding hydrogens is 208 g/mol. The Bertz CT molecular complexity index is 231. The van der Waals surface area contributed by atoms with Crippen molar-refractivity contribution >= 4 is 0 Å². The van der Waals surface area contributed by atoms with E-state index in [2.05, 4.69) is 5.01 Å². The number of aliphatic hydroxyl groups excluding tert-OH is 2. The number of likely N-dealkylation sites (N-methyl/N-ethyl adjacent to an activating group) is 1. The van der Waals surface area contributed by atoms with Crippen LogP contribution in [-0.2, 0) is 0 Å². The molecule has 0 aromatic rings. The van der Waals surface area contributed by atoms with Crippen LogP contribution in [0.15, 0.2) is 0 Å². The Labute approximate surface area is 96.6 Å². The predicted molar refractivity (Wildman–Crippen MR) is 59.4 cm³/mol. The van der Waals surface area contributed by atoms with Crippen molar-refractivity contribution in [1.29, 1.82) is 0 Å². The van der Waals surface area contributed by atoms with Crippen molar-refractivity contribution in [2.24, 2.45) is 0 Å². The van der Waals surface area contributed by atoms with Gasteiger partial charge in [0.05, 0.1) is 0 Å². The standard InChI is InChI=1S/C10H22N4O2/c1-11-9-5-3-4-6-10(9)13(7-15)14(8-16)12(11)2/h9-10,15-16H,3-8H2,1-2H3. The monoisotopic (exact) mass is 230 g/mol. The van der Waals surface area contributed by atoms with Crippen LogP contribution in [0.5, 0.6) is 0 Å². The molecule has 94 valence electrons. The Morgan fingerprint density at radius 3 is 2.19 bits per heavy atom. The first-order chi connectivity index (χ1) is 7.70. The normalized spacial score (nSPS) is 35.2. The smallest absolute Gasteiger partial charge is 0.125 e. The Hall–Kier alpha value is -0.240. The highest BCUT2D eigenvalue weighted by Crippen LogP contribution is 2.32. The van der Waals surface area contributed by atoms with Crippen LogP contribution in [0.2, 0.25) is 0 Å². The van der Waals surface area contributed by atoms with Gasteiger partial charge < -0.3 is 10.2 Å². The molecule has 2 N–H and O–H groups in total. The molecule has 1 aliphatic heterocycles. The summed E-state index contributed by atoms with van der Waals surface area (Å²) in [6.07, 6.45) is 4.69. The lowest BCUT2D eigenvalue weighted by Crippen LogP contribution is -2.72. The van der Waals surface area contributed by atoms with Gasteiger partial charge in [0, 0.05) is 26.2 Å². The maximum absolute atomic E-state index is 9.46. The maximum Gasteiger partial charge on any atom is 0.125 e. The third kappa shape index (κ3) is 1.85. The molecule has 16 heavy (non-hydrogen) atoms. The predicted octanol–water partition coefficient (Wildman–Crippen LogP) is -0.577. The zero-order valence-electron chi connectivity index (χ0n) is 10.1. The SMILES string of the molecule is CN1C2CCCCC2N(CO)N(CO)N1C. The average Bonchev–Trinajstić information content (AvgIpc) is 2.33. The highest BCUT2D eigenvalue weighted by molar-refractivity contribution is 4.88. The topological polar surface area (TPSA) is 53.4 Å². The maximum atomic E-state index is 9.46. The molecule has 2 atom stereocenters. The molecule has 6 nitrogen and oxygen atoms in total. The van der Waals surface area contributed by atoms with Gasteiger partial charge in [-0.15, -0.1) is 5.12 Å². The summed E-state index contributed by atoms with van der Waals surface area (Å²) >= 11 is 0. The summed E-state index contributed by atoms with van der Waals surface area (Å²) in [5.41, 5.74) is 0. The highest BCUT2D eigenvalue weighted by Gasteiger charge is 2.42. The van der Waals surface area contributed by atoms with Gasteiger partial charge in [-0.25, -0.2) is 5.01 Å². The van der Waals surface area contributed by atoms with Crippen LogP contribution in [0.1, 0.15) is 25.7 Å². The summed E-state index contributed by atoms with van der Waals surface area (Å²) in [5.74, 6) is 0. The van der Waals surface area contributed by atoms with E-state index in [0.717, 1.165) is 12.8 Å². The van der Waals surface area contributed by atoms with E-state index < -0.39 is 0 Å². The van der Waals surface area contributed by atoms with Crippen molar-refractivity contribution < 1.29 is 10.2 Å². The Morgan fingerprint density at radius 2 is 1.62 bits per heavy atom. The van der Waals surface area contributed by atoms with E-state index in [1.165, 1.54) is 12.8 Å². The van der Waals surface area contributed by atoms with Crippen molar-refractivity contribution in [3.8, 4) is 0 Å². The third-order valence-electron chi connectivity index (χ3n) is 3.92. The van der Waals surface area contributed by atoms with Crippen molar-refractivity contribution in [3.05, 3.63) is 0 Å². The van der Waals surface area contributed by atoms with Gasteiger partial charge in [-0.05, 0) is 12.8 Å². The van der Waals surface area contributed by atoms with Crippen LogP contribution >= 0.6 is 0 Å². The molecular formula is C10H22N4O2. The summed E-state index contributed by atoms with van der Waals surface area (Å²) in [4.78, 5) is 0. The molecule has 0 amide bonds. The molecule has 1 saturated heterocycles. The highest BCUT2D eigenvalue weighted by atomic mass is 16.3. The van der Waals surface area contributed by atoms with Gasteiger partial charge in [-0.2, -0.15) is 10.1 Å². The minimum Gasteiger partial charge on any atom is -0.380 e. The first-order valence-corrected chi connectivity index (χ1v) is 5.93. The van der Waals surface area contributed by atoms with Gasteiger partial charge in [0.25, 0.3) is 0 Å². The number of nitrogens with zero attached hydrogens (tertiary/aromatic N) is 4. The Kier molecular flexibility index (Phi) is 3.78. The number of aliphatic hydroxyl groups is 2. The van der Waals surface area contributed by atoms with Crippen LogP contribution in [-0.4, -0.2) is 70.1 Å². The molecule has 0 aromatic heterocycles. The summed E-state index contributed by atoms with van der Waals surface area (Å²) < 4.78 is 0. The molecule has 0 radical (unpaired) electrons. The first kappa shape index (κ1) is 12.2. The molecule has 1 saturated carbocycles.